The smallest absolute Gasteiger partial charge is 0.268 e. The third-order valence-electron chi connectivity index (χ3n) is 2.82. The van der Waals surface area contributed by atoms with Crippen molar-refractivity contribution >= 4 is 39.6 Å². The Morgan fingerprint density at radius 3 is 2.90 bits per heavy atom. The molecule has 0 aliphatic carbocycles. The molecule has 1 amide bonds. The Hall–Kier alpha value is -1.99. The predicted molar refractivity (Wildman–Crippen MR) is 77.5 cm³/mol. The summed E-state index contributed by atoms with van der Waals surface area (Å²) < 4.78 is 1.85. The predicted octanol–water partition coefficient (Wildman–Crippen LogP) is 2.71. The number of nitrogens with one attached hydrogen (secondary N) is 1. The fourth-order valence-electron chi connectivity index (χ4n) is 1.92. The lowest BCUT2D eigenvalue weighted by atomic mass is 10.3. The van der Waals surface area contributed by atoms with E-state index in [9.17, 15) is 4.79 Å². The van der Waals surface area contributed by atoms with E-state index in [-0.39, 0.29) is 5.91 Å². The molecule has 0 unspecified atom stereocenters. The molecule has 0 spiro atoms. The first-order chi connectivity index (χ1) is 9.56. The lowest BCUT2D eigenvalue weighted by molar-refractivity contribution is 0.102. The summed E-state index contributed by atoms with van der Waals surface area (Å²) in [5.41, 5.74) is 0.812. The van der Waals surface area contributed by atoms with Crippen molar-refractivity contribution in [2.75, 3.05) is 5.32 Å². The summed E-state index contributed by atoms with van der Waals surface area (Å²) in [6.45, 7) is 3.71. The van der Waals surface area contributed by atoms with E-state index in [2.05, 4.69) is 20.5 Å². The van der Waals surface area contributed by atoms with E-state index < -0.39 is 0 Å². The van der Waals surface area contributed by atoms with Gasteiger partial charge in [0.1, 0.15) is 16.5 Å². The van der Waals surface area contributed by atoms with Crippen molar-refractivity contribution < 1.29 is 4.79 Å². The van der Waals surface area contributed by atoms with Gasteiger partial charge in [-0.2, -0.15) is 0 Å². The molecule has 0 radical (unpaired) electrons. The largest absolute Gasteiger partial charge is 0.306 e. The number of halogens is 1. The van der Waals surface area contributed by atoms with Crippen LogP contribution >= 0.6 is 22.9 Å². The number of rotatable bonds is 2. The maximum atomic E-state index is 12.3. The van der Waals surface area contributed by atoms with Crippen LogP contribution in [0.1, 0.15) is 21.2 Å². The van der Waals surface area contributed by atoms with Crippen molar-refractivity contribution in [2.45, 2.75) is 13.8 Å². The minimum absolute atomic E-state index is 0.229. The van der Waals surface area contributed by atoms with Crippen LogP contribution in [0, 0.1) is 13.8 Å². The van der Waals surface area contributed by atoms with Crippen LogP contribution in [0.15, 0.2) is 18.3 Å². The molecule has 1 N–H and O–H groups in total. The molecule has 20 heavy (non-hydrogen) atoms. The summed E-state index contributed by atoms with van der Waals surface area (Å²) in [6.07, 6.45) is 1.54. The maximum Gasteiger partial charge on any atom is 0.268 e. The first-order valence-corrected chi connectivity index (χ1v) is 7.00. The van der Waals surface area contributed by atoms with Gasteiger partial charge in [-0.25, -0.2) is 4.98 Å². The zero-order valence-electron chi connectivity index (χ0n) is 10.7. The second kappa shape index (κ2) is 4.84. The first kappa shape index (κ1) is 13.0. The molecule has 0 fully saturated rings. The molecule has 0 saturated heterocycles. The Bertz CT molecular complexity index is 809. The average molecular weight is 308 g/mol. The number of amides is 1. The molecule has 0 aliphatic heterocycles. The van der Waals surface area contributed by atoms with E-state index in [1.807, 2.05) is 18.2 Å². The quantitative estimate of drug-likeness (QED) is 0.790. The summed E-state index contributed by atoms with van der Waals surface area (Å²) in [5, 5.41) is 11.2. The van der Waals surface area contributed by atoms with Crippen molar-refractivity contribution in [2.24, 2.45) is 0 Å². The molecule has 0 atom stereocenters. The third-order valence-corrected chi connectivity index (χ3v) is 4.19. The van der Waals surface area contributed by atoms with Crippen LogP contribution in [0.3, 0.4) is 0 Å². The molecule has 3 rings (SSSR count). The number of aryl methyl sites for hydroxylation is 2. The number of carbonyl (C=O) groups is 1. The summed E-state index contributed by atoms with van der Waals surface area (Å²) in [5.74, 6) is 0.948. The van der Waals surface area contributed by atoms with E-state index in [0.29, 0.717) is 20.7 Å². The van der Waals surface area contributed by atoms with Gasteiger partial charge < -0.3 is 5.32 Å². The van der Waals surface area contributed by atoms with Gasteiger partial charge in [0, 0.05) is 16.9 Å². The van der Waals surface area contributed by atoms with E-state index in [0.717, 1.165) is 11.5 Å². The molecule has 0 aromatic carbocycles. The summed E-state index contributed by atoms with van der Waals surface area (Å²) >= 11 is 7.15. The Labute approximate surface area is 123 Å². The first-order valence-electron chi connectivity index (χ1n) is 5.80. The number of thiazole rings is 1. The number of fused-ring (bicyclic) bond motifs is 1. The normalized spacial score (nSPS) is 10.9. The van der Waals surface area contributed by atoms with Gasteiger partial charge >= 0.3 is 0 Å². The van der Waals surface area contributed by atoms with Crippen molar-refractivity contribution in [1.29, 1.82) is 0 Å². The molecule has 3 aromatic rings. The van der Waals surface area contributed by atoms with Crippen molar-refractivity contribution in [3.8, 4) is 0 Å². The molecule has 3 heterocycles. The standard InChI is InChI=1S/C12H10ClN5OS/c1-6-10(20-12-17-16-7(2)18(6)12)11(19)15-9-5-8(13)3-4-14-9/h3-5H,1-2H3,(H,14,15,19). The summed E-state index contributed by atoms with van der Waals surface area (Å²) in [4.78, 5) is 17.6. The van der Waals surface area contributed by atoms with Crippen LogP contribution in [-0.2, 0) is 0 Å². The number of anilines is 1. The Balaban J connectivity index is 1.94. The zero-order chi connectivity index (χ0) is 14.3. The zero-order valence-corrected chi connectivity index (χ0v) is 12.3. The van der Waals surface area contributed by atoms with Crippen LogP contribution in [0.5, 0.6) is 0 Å². The number of hydrogen-bond donors (Lipinski definition) is 1. The molecule has 3 aromatic heterocycles. The topological polar surface area (TPSA) is 72.2 Å². The number of carbonyl (C=O) groups excluding carboxylic acids is 1. The number of aromatic nitrogens is 4. The highest BCUT2D eigenvalue weighted by Gasteiger charge is 2.18. The van der Waals surface area contributed by atoms with Gasteiger partial charge in [-0.05, 0) is 26.0 Å². The van der Waals surface area contributed by atoms with Gasteiger partial charge in [0.05, 0.1) is 0 Å². The molecule has 0 aliphatic rings. The van der Waals surface area contributed by atoms with Crippen LogP contribution in [0.4, 0.5) is 5.82 Å². The third kappa shape index (κ3) is 2.14. The number of nitrogens with zero attached hydrogens (tertiary/aromatic N) is 4. The lowest BCUT2D eigenvalue weighted by Crippen LogP contribution is -2.13. The SMILES string of the molecule is Cc1nnc2sc(C(=O)Nc3cc(Cl)ccn3)c(C)n12. The summed E-state index contributed by atoms with van der Waals surface area (Å²) in [7, 11) is 0. The van der Waals surface area contributed by atoms with Gasteiger partial charge in [0.2, 0.25) is 4.96 Å². The number of pyridine rings is 1. The van der Waals surface area contributed by atoms with Crippen molar-refractivity contribution in [1.82, 2.24) is 19.6 Å². The fraction of sp³-hybridized carbons (Fsp3) is 0.167. The minimum Gasteiger partial charge on any atom is -0.306 e. The Morgan fingerprint density at radius 2 is 2.20 bits per heavy atom. The van der Waals surface area contributed by atoms with Gasteiger partial charge in [-0.3, -0.25) is 9.20 Å². The van der Waals surface area contributed by atoms with Crippen molar-refractivity contribution in [3.63, 3.8) is 0 Å². The van der Waals surface area contributed by atoms with Crippen LogP contribution in [-0.4, -0.2) is 25.5 Å². The Kier molecular flexibility index (Phi) is 3.15. The molecule has 6 nitrogen and oxygen atoms in total. The Morgan fingerprint density at radius 1 is 1.40 bits per heavy atom. The van der Waals surface area contributed by atoms with E-state index in [4.69, 9.17) is 11.6 Å². The van der Waals surface area contributed by atoms with Gasteiger partial charge in [-0.1, -0.05) is 22.9 Å². The van der Waals surface area contributed by atoms with Crippen LogP contribution < -0.4 is 5.32 Å². The van der Waals surface area contributed by atoms with Gasteiger partial charge in [0.25, 0.3) is 5.91 Å². The molecular formula is C12H10ClN5OS. The van der Waals surface area contributed by atoms with Gasteiger partial charge in [-0.15, -0.1) is 10.2 Å². The molecular weight excluding hydrogens is 298 g/mol. The van der Waals surface area contributed by atoms with E-state index in [1.165, 1.54) is 11.3 Å². The summed E-state index contributed by atoms with van der Waals surface area (Å²) in [6, 6.07) is 3.25. The highest BCUT2D eigenvalue weighted by atomic mass is 35.5. The molecule has 0 saturated carbocycles. The van der Waals surface area contributed by atoms with Crippen LogP contribution in [0.25, 0.3) is 4.96 Å². The number of hydrogen-bond acceptors (Lipinski definition) is 5. The molecule has 0 bridgehead atoms. The fourth-order valence-corrected chi connectivity index (χ4v) is 3.09. The van der Waals surface area contributed by atoms with Crippen molar-refractivity contribution in [3.05, 3.63) is 39.7 Å². The lowest BCUT2D eigenvalue weighted by Gasteiger charge is -2.03. The second-order valence-electron chi connectivity index (χ2n) is 4.20. The maximum absolute atomic E-state index is 12.3. The molecule has 8 heteroatoms. The highest BCUT2D eigenvalue weighted by Crippen LogP contribution is 2.23. The monoisotopic (exact) mass is 307 g/mol. The average Bonchev–Trinajstić information content (AvgIpc) is 2.91. The van der Waals surface area contributed by atoms with Gasteiger partial charge in [0.15, 0.2) is 0 Å². The van der Waals surface area contributed by atoms with E-state index in [1.54, 1.807) is 18.3 Å². The highest BCUT2D eigenvalue weighted by molar-refractivity contribution is 7.19. The minimum atomic E-state index is -0.229. The van der Waals surface area contributed by atoms with Crippen LogP contribution in [0.2, 0.25) is 5.02 Å². The second-order valence-corrected chi connectivity index (χ2v) is 5.61. The molecule has 102 valence electrons. The van der Waals surface area contributed by atoms with E-state index >= 15 is 0 Å².